The minimum atomic E-state index is -0.983. The zero-order valence-electron chi connectivity index (χ0n) is 11.6. The van der Waals surface area contributed by atoms with E-state index in [0.717, 1.165) is 23.9 Å². The fraction of sp³-hybridized carbons (Fsp3) is 0.438. The molecule has 1 aliphatic rings. The summed E-state index contributed by atoms with van der Waals surface area (Å²) in [5, 5.41) is 10.3. The van der Waals surface area contributed by atoms with Gasteiger partial charge in [0.15, 0.2) is 0 Å². The lowest BCUT2D eigenvalue weighted by Crippen LogP contribution is -2.27. The molecule has 0 aliphatic heterocycles. The van der Waals surface area contributed by atoms with Crippen LogP contribution < -0.4 is 0 Å². The lowest BCUT2D eigenvalue weighted by molar-refractivity contribution is 0.0661. The Morgan fingerprint density at radius 1 is 1.40 bits per heavy atom. The number of carbonyl (C=O) groups is 1. The summed E-state index contributed by atoms with van der Waals surface area (Å²) in [7, 11) is 0. The third-order valence-electron chi connectivity index (χ3n) is 3.83. The largest absolute Gasteiger partial charge is 0.475 e. The van der Waals surface area contributed by atoms with E-state index >= 15 is 0 Å². The fourth-order valence-corrected chi connectivity index (χ4v) is 2.75. The SMILES string of the molecule is CCCN(Cc1c(C(=O)O)oc2ccccc12)C1CC1. The molecule has 0 amide bonds. The Hall–Kier alpha value is -1.81. The van der Waals surface area contributed by atoms with Gasteiger partial charge in [-0.2, -0.15) is 0 Å². The number of aromatic carboxylic acids is 1. The van der Waals surface area contributed by atoms with Gasteiger partial charge in [-0.05, 0) is 31.9 Å². The molecule has 3 rings (SSSR count). The molecule has 2 aromatic rings. The van der Waals surface area contributed by atoms with Crippen molar-refractivity contribution in [1.82, 2.24) is 4.90 Å². The molecule has 106 valence electrons. The molecule has 20 heavy (non-hydrogen) atoms. The van der Waals surface area contributed by atoms with Crippen LogP contribution in [0.1, 0.15) is 42.3 Å². The molecular weight excluding hydrogens is 254 g/mol. The van der Waals surface area contributed by atoms with Crippen molar-refractivity contribution < 1.29 is 14.3 Å². The Balaban J connectivity index is 1.99. The van der Waals surface area contributed by atoms with E-state index in [1.807, 2.05) is 24.3 Å². The van der Waals surface area contributed by atoms with E-state index in [0.29, 0.717) is 18.2 Å². The summed E-state index contributed by atoms with van der Waals surface area (Å²) in [6, 6.07) is 8.18. The first-order valence-electron chi connectivity index (χ1n) is 7.18. The van der Waals surface area contributed by atoms with E-state index in [1.165, 1.54) is 12.8 Å². The van der Waals surface area contributed by atoms with Crippen LogP contribution in [0.25, 0.3) is 11.0 Å². The number of hydrogen-bond donors (Lipinski definition) is 1. The predicted molar refractivity (Wildman–Crippen MR) is 76.9 cm³/mol. The van der Waals surface area contributed by atoms with Gasteiger partial charge in [0.25, 0.3) is 0 Å². The maximum absolute atomic E-state index is 11.4. The van der Waals surface area contributed by atoms with Crippen molar-refractivity contribution in [1.29, 1.82) is 0 Å². The van der Waals surface area contributed by atoms with Crippen LogP contribution in [0.3, 0.4) is 0 Å². The minimum absolute atomic E-state index is 0.0907. The maximum atomic E-state index is 11.4. The first-order chi connectivity index (χ1) is 9.70. The molecular formula is C16H19NO3. The second-order valence-electron chi connectivity index (χ2n) is 5.41. The average molecular weight is 273 g/mol. The summed E-state index contributed by atoms with van der Waals surface area (Å²) in [6.07, 6.45) is 3.52. The molecule has 0 unspecified atom stereocenters. The molecule has 4 heteroatoms. The lowest BCUT2D eigenvalue weighted by Gasteiger charge is -2.20. The first-order valence-corrected chi connectivity index (χ1v) is 7.18. The molecule has 4 nitrogen and oxygen atoms in total. The zero-order chi connectivity index (χ0) is 14.1. The van der Waals surface area contributed by atoms with Crippen LogP contribution in [-0.2, 0) is 6.54 Å². The third-order valence-corrected chi connectivity index (χ3v) is 3.83. The van der Waals surface area contributed by atoms with Gasteiger partial charge < -0.3 is 9.52 Å². The number of nitrogens with zero attached hydrogens (tertiary/aromatic N) is 1. The number of fused-ring (bicyclic) bond motifs is 1. The lowest BCUT2D eigenvalue weighted by atomic mass is 10.1. The summed E-state index contributed by atoms with van der Waals surface area (Å²) in [4.78, 5) is 13.8. The number of rotatable bonds is 6. The van der Waals surface area contributed by atoms with Crippen LogP contribution in [0.5, 0.6) is 0 Å². The highest BCUT2D eigenvalue weighted by atomic mass is 16.4. The topological polar surface area (TPSA) is 53.7 Å². The summed E-state index contributed by atoms with van der Waals surface area (Å²) in [5.74, 6) is -0.892. The summed E-state index contributed by atoms with van der Waals surface area (Å²) < 4.78 is 5.51. The van der Waals surface area contributed by atoms with Crippen molar-refractivity contribution in [3.63, 3.8) is 0 Å². The Morgan fingerprint density at radius 2 is 2.15 bits per heavy atom. The summed E-state index contributed by atoms with van der Waals surface area (Å²) in [5.41, 5.74) is 1.47. The van der Waals surface area contributed by atoms with Gasteiger partial charge in [0.05, 0.1) is 0 Å². The Bertz CT molecular complexity index is 628. The highest BCUT2D eigenvalue weighted by molar-refractivity contribution is 5.95. The average Bonchev–Trinajstić information content (AvgIpc) is 3.21. The fourth-order valence-electron chi connectivity index (χ4n) is 2.75. The zero-order valence-corrected chi connectivity index (χ0v) is 11.6. The van der Waals surface area contributed by atoms with E-state index in [1.54, 1.807) is 0 Å². The molecule has 0 saturated heterocycles. The molecule has 1 fully saturated rings. The Labute approximate surface area is 118 Å². The number of benzene rings is 1. The molecule has 0 radical (unpaired) electrons. The third kappa shape index (κ3) is 2.43. The van der Waals surface area contributed by atoms with Gasteiger partial charge in [0.2, 0.25) is 5.76 Å². The van der Waals surface area contributed by atoms with Crippen molar-refractivity contribution in [3.8, 4) is 0 Å². The van der Waals surface area contributed by atoms with Crippen LogP contribution in [-0.4, -0.2) is 28.6 Å². The highest BCUT2D eigenvalue weighted by Gasteiger charge is 2.30. The van der Waals surface area contributed by atoms with Gasteiger partial charge in [0, 0.05) is 23.5 Å². The van der Waals surface area contributed by atoms with Crippen molar-refractivity contribution >= 4 is 16.9 Å². The van der Waals surface area contributed by atoms with Gasteiger partial charge >= 0.3 is 5.97 Å². The second-order valence-corrected chi connectivity index (χ2v) is 5.41. The highest BCUT2D eigenvalue weighted by Crippen LogP contribution is 2.32. The normalized spacial score (nSPS) is 15.1. The smallest absolute Gasteiger partial charge is 0.372 e. The minimum Gasteiger partial charge on any atom is -0.475 e. The molecule has 0 bridgehead atoms. The summed E-state index contributed by atoms with van der Waals surface area (Å²) >= 11 is 0. The molecule has 0 atom stereocenters. The number of carboxylic acid groups (broad SMARTS) is 1. The number of carboxylic acids is 1. The Kier molecular flexibility index (Phi) is 3.49. The van der Waals surface area contributed by atoms with Gasteiger partial charge in [-0.3, -0.25) is 4.90 Å². The molecule has 1 saturated carbocycles. The van der Waals surface area contributed by atoms with Gasteiger partial charge in [-0.1, -0.05) is 25.1 Å². The van der Waals surface area contributed by atoms with Crippen molar-refractivity contribution in [2.45, 2.75) is 38.8 Å². The monoisotopic (exact) mass is 273 g/mol. The van der Waals surface area contributed by atoms with Crippen molar-refractivity contribution in [2.75, 3.05) is 6.54 Å². The van der Waals surface area contributed by atoms with Crippen molar-refractivity contribution in [2.24, 2.45) is 0 Å². The van der Waals surface area contributed by atoms with Crippen LogP contribution in [0.2, 0.25) is 0 Å². The molecule has 1 aliphatic carbocycles. The molecule has 0 spiro atoms. The maximum Gasteiger partial charge on any atom is 0.372 e. The van der Waals surface area contributed by atoms with E-state index in [-0.39, 0.29) is 5.76 Å². The second kappa shape index (κ2) is 5.29. The quantitative estimate of drug-likeness (QED) is 0.875. The van der Waals surface area contributed by atoms with E-state index in [4.69, 9.17) is 4.42 Å². The van der Waals surface area contributed by atoms with E-state index < -0.39 is 5.97 Å². The molecule has 1 aromatic carbocycles. The standard InChI is InChI=1S/C16H19NO3/c1-2-9-17(11-7-8-11)10-13-12-5-3-4-6-14(12)20-15(13)16(18)19/h3-6,11H,2,7-10H2,1H3,(H,18,19). The first kappa shape index (κ1) is 13.2. The number of hydrogen-bond acceptors (Lipinski definition) is 3. The summed E-state index contributed by atoms with van der Waals surface area (Å²) in [6.45, 7) is 3.82. The van der Waals surface area contributed by atoms with Crippen LogP contribution in [0.4, 0.5) is 0 Å². The molecule has 1 aromatic heterocycles. The van der Waals surface area contributed by atoms with Crippen molar-refractivity contribution in [3.05, 3.63) is 35.6 Å². The molecule has 1 heterocycles. The van der Waals surface area contributed by atoms with Gasteiger partial charge in [-0.15, -0.1) is 0 Å². The van der Waals surface area contributed by atoms with Gasteiger partial charge in [-0.25, -0.2) is 4.79 Å². The predicted octanol–water partition coefficient (Wildman–Crippen LogP) is 3.51. The number of furan rings is 1. The van der Waals surface area contributed by atoms with Crippen LogP contribution in [0, 0.1) is 0 Å². The van der Waals surface area contributed by atoms with Gasteiger partial charge in [0.1, 0.15) is 5.58 Å². The van der Waals surface area contributed by atoms with E-state index in [2.05, 4.69) is 11.8 Å². The Morgan fingerprint density at radius 3 is 2.80 bits per heavy atom. The number of para-hydroxylation sites is 1. The van der Waals surface area contributed by atoms with Crippen LogP contribution >= 0.6 is 0 Å². The molecule has 1 N–H and O–H groups in total. The van der Waals surface area contributed by atoms with Crippen LogP contribution in [0.15, 0.2) is 28.7 Å². The van der Waals surface area contributed by atoms with E-state index in [9.17, 15) is 9.90 Å².